The molecular formula is C16H12N4. The third kappa shape index (κ3) is 2.13. The maximum Gasteiger partial charge on any atom is 0.0991 e. The van der Waals surface area contributed by atoms with Gasteiger partial charge in [-0.2, -0.15) is 5.26 Å². The lowest BCUT2D eigenvalue weighted by atomic mass is 10.1. The van der Waals surface area contributed by atoms with Crippen molar-refractivity contribution in [2.24, 2.45) is 0 Å². The fourth-order valence-electron chi connectivity index (χ4n) is 2.09. The third-order valence-electron chi connectivity index (χ3n) is 3.09. The molecule has 0 fully saturated rings. The summed E-state index contributed by atoms with van der Waals surface area (Å²) in [4.78, 5) is 4.30. The van der Waals surface area contributed by atoms with Crippen molar-refractivity contribution in [1.29, 1.82) is 5.26 Å². The van der Waals surface area contributed by atoms with Crippen LogP contribution in [0.15, 0.2) is 54.7 Å². The van der Waals surface area contributed by atoms with E-state index in [0.29, 0.717) is 11.3 Å². The van der Waals surface area contributed by atoms with Crippen molar-refractivity contribution in [3.63, 3.8) is 0 Å². The largest absolute Gasteiger partial charge is 0.397 e. The van der Waals surface area contributed by atoms with Crippen LogP contribution in [0.4, 0.5) is 17.1 Å². The van der Waals surface area contributed by atoms with Gasteiger partial charge < -0.3 is 11.1 Å². The van der Waals surface area contributed by atoms with Gasteiger partial charge in [-0.25, -0.2) is 0 Å². The Morgan fingerprint density at radius 3 is 2.60 bits per heavy atom. The van der Waals surface area contributed by atoms with Crippen LogP contribution < -0.4 is 11.1 Å². The maximum absolute atomic E-state index is 8.80. The molecule has 96 valence electrons. The molecule has 0 unspecified atom stereocenters. The minimum absolute atomic E-state index is 0.638. The summed E-state index contributed by atoms with van der Waals surface area (Å²) in [5, 5.41) is 13.1. The summed E-state index contributed by atoms with van der Waals surface area (Å²) in [5.41, 5.74) is 9.86. The van der Waals surface area contributed by atoms with Crippen LogP contribution in [0.3, 0.4) is 0 Å². The van der Waals surface area contributed by atoms with Crippen molar-refractivity contribution < 1.29 is 0 Å². The Labute approximate surface area is 116 Å². The molecule has 3 rings (SSSR count). The van der Waals surface area contributed by atoms with Crippen molar-refractivity contribution >= 4 is 28.0 Å². The van der Waals surface area contributed by atoms with Crippen molar-refractivity contribution in [2.75, 3.05) is 11.1 Å². The van der Waals surface area contributed by atoms with E-state index in [1.54, 1.807) is 18.3 Å². The topological polar surface area (TPSA) is 74.7 Å². The van der Waals surface area contributed by atoms with Gasteiger partial charge in [0.15, 0.2) is 0 Å². The van der Waals surface area contributed by atoms with E-state index in [-0.39, 0.29) is 0 Å². The average Bonchev–Trinajstić information content (AvgIpc) is 2.51. The van der Waals surface area contributed by atoms with Crippen LogP contribution in [-0.2, 0) is 0 Å². The molecule has 4 heteroatoms. The molecule has 3 aromatic rings. The Morgan fingerprint density at radius 1 is 1.05 bits per heavy atom. The first kappa shape index (κ1) is 12.0. The molecule has 0 saturated carbocycles. The van der Waals surface area contributed by atoms with E-state index in [1.165, 1.54) is 0 Å². The highest BCUT2D eigenvalue weighted by atomic mass is 14.9. The average molecular weight is 260 g/mol. The first-order valence-corrected chi connectivity index (χ1v) is 6.18. The number of fused-ring (bicyclic) bond motifs is 1. The molecule has 0 amide bonds. The summed E-state index contributed by atoms with van der Waals surface area (Å²) in [6, 6.07) is 17.0. The molecule has 4 nitrogen and oxygen atoms in total. The van der Waals surface area contributed by atoms with Crippen molar-refractivity contribution in [3.05, 3.63) is 60.3 Å². The lowest BCUT2D eigenvalue weighted by Crippen LogP contribution is -1.95. The van der Waals surface area contributed by atoms with Gasteiger partial charge >= 0.3 is 0 Å². The SMILES string of the molecule is N#Cc1ccc(Nc2ccc(N)c3ncccc23)cc1. The molecule has 0 aliphatic carbocycles. The summed E-state index contributed by atoms with van der Waals surface area (Å²) in [7, 11) is 0. The lowest BCUT2D eigenvalue weighted by Gasteiger charge is -2.10. The highest BCUT2D eigenvalue weighted by Gasteiger charge is 2.05. The summed E-state index contributed by atoms with van der Waals surface area (Å²) < 4.78 is 0. The number of nitrogen functional groups attached to an aromatic ring is 1. The van der Waals surface area contributed by atoms with Crippen LogP contribution >= 0.6 is 0 Å². The second-order valence-corrected chi connectivity index (χ2v) is 4.42. The number of nitrogens with one attached hydrogen (secondary N) is 1. The number of nitrogens with zero attached hydrogens (tertiary/aromatic N) is 2. The number of nitrogens with two attached hydrogens (primary N) is 1. The Bertz CT molecular complexity index is 801. The fourth-order valence-corrected chi connectivity index (χ4v) is 2.09. The summed E-state index contributed by atoms with van der Waals surface area (Å²) in [6.07, 6.45) is 1.73. The quantitative estimate of drug-likeness (QED) is 0.692. The number of rotatable bonds is 2. The van der Waals surface area contributed by atoms with E-state index in [9.17, 15) is 0 Å². The molecule has 0 spiro atoms. The zero-order chi connectivity index (χ0) is 13.9. The first-order valence-electron chi connectivity index (χ1n) is 6.18. The van der Waals surface area contributed by atoms with Gasteiger partial charge in [-0.1, -0.05) is 0 Å². The van der Waals surface area contributed by atoms with E-state index in [4.69, 9.17) is 11.0 Å². The van der Waals surface area contributed by atoms with Crippen LogP contribution in [0.2, 0.25) is 0 Å². The predicted octanol–water partition coefficient (Wildman–Crippen LogP) is 3.43. The van der Waals surface area contributed by atoms with Gasteiger partial charge in [0, 0.05) is 23.0 Å². The van der Waals surface area contributed by atoms with Crippen LogP contribution in [-0.4, -0.2) is 4.98 Å². The number of nitriles is 1. The highest BCUT2D eigenvalue weighted by molar-refractivity contribution is 5.99. The number of pyridine rings is 1. The van der Waals surface area contributed by atoms with Gasteiger partial charge in [0.2, 0.25) is 0 Å². The first-order chi connectivity index (χ1) is 9.78. The van der Waals surface area contributed by atoms with E-state index < -0.39 is 0 Å². The summed E-state index contributed by atoms with van der Waals surface area (Å²) >= 11 is 0. The molecule has 20 heavy (non-hydrogen) atoms. The number of hydrogen-bond donors (Lipinski definition) is 2. The Morgan fingerprint density at radius 2 is 1.85 bits per heavy atom. The second kappa shape index (κ2) is 4.90. The molecule has 0 aliphatic heterocycles. The summed E-state index contributed by atoms with van der Waals surface area (Å²) in [6.45, 7) is 0. The van der Waals surface area contributed by atoms with Gasteiger partial charge in [0.05, 0.1) is 22.8 Å². The summed E-state index contributed by atoms with van der Waals surface area (Å²) in [5.74, 6) is 0. The molecule has 0 atom stereocenters. The smallest absolute Gasteiger partial charge is 0.0991 e. The fraction of sp³-hybridized carbons (Fsp3) is 0. The normalized spacial score (nSPS) is 10.2. The van der Waals surface area contributed by atoms with E-state index in [1.807, 2.05) is 36.4 Å². The zero-order valence-corrected chi connectivity index (χ0v) is 10.7. The molecule has 0 saturated heterocycles. The number of benzene rings is 2. The molecule has 3 N–H and O–H groups in total. The molecule has 1 aromatic heterocycles. The third-order valence-corrected chi connectivity index (χ3v) is 3.09. The van der Waals surface area contributed by atoms with Gasteiger partial charge in [-0.15, -0.1) is 0 Å². The van der Waals surface area contributed by atoms with E-state index in [0.717, 1.165) is 22.3 Å². The molecular weight excluding hydrogens is 248 g/mol. The van der Waals surface area contributed by atoms with Gasteiger partial charge in [0.1, 0.15) is 0 Å². The Kier molecular flexibility index (Phi) is 2.94. The molecule has 0 aliphatic rings. The van der Waals surface area contributed by atoms with Crippen LogP contribution in [0.25, 0.3) is 10.9 Å². The Balaban J connectivity index is 2.02. The standard InChI is InChI=1S/C16H12N4/c17-10-11-3-5-12(6-4-11)20-15-8-7-14(18)16-13(15)2-1-9-19-16/h1-9,20H,18H2. The monoisotopic (exact) mass is 260 g/mol. The van der Waals surface area contributed by atoms with Crippen LogP contribution in [0, 0.1) is 11.3 Å². The zero-order valence-electron chi connectivity index (χ0n) is 10.7. The van der Waals surface area contributed by atoms with Crippen molar-refractivity contribution in [3.8, 4) is 6.07 Å². The van der Waals surface area contributed by atoms with E-state index in [2.05, 4.69) is 16.4 Å². The van der Waals surface area contributed by atoms with Gasteiger partial charge in [-0.05, 0) is 48.5 Å². The molecule has 0 bridgehead atoms. The number of anilines is 3. The highest BCUT2D eigenvalue weighted by Crippen LogP contribution is 2.28. The van der Waals surface area contributed by atoms with Crippen LogP contribution in [0.5, 0.6) is 0 Å². The minimum atomic E-state index is 0.638. The maximum atomic E-state index is 8.80. The van der Waals surface area contributed by atoms with Crippen LogP contribution in [0.1, 0.15) is 5.56 Å². The van der Waals surface area contributed by atoms with E-state index >= 15 is 0 Å². The molecule has 1 heterocycles. The van der Waals surface area contributed by atoms with Gasteiger partial charge in [0.25, 0.3) is 0 Å². The van der Waals surface area contributed by atoms with Crippen molar-refractivity contribution in [2.45, 2.75) is 0 Å². The Hall–Kier alpha value is -3.06. The predicted molar refractivity (Wildman–Crippen MR) is 80.6 cm³/mol. The molecule has 2 aromatic carbocycles. The molecule has 0 radical (unpaired) electrons. The second-order valence-electron chi connectivity index (χ2n) is 4.42. The minimum Gasteiger partial charge on any atom is -0.397 e. The number of hydrogen-bond acceptors (Lipinski definition) is 4. The van der Waals surface area contributed by atoms with Gasteiger partial charge in [-0.3, -0.25) is 4.98 Å². The van der Waals surface area contributed by atoms with Crippen molar-refractivity contribution in [1.82, 2.24) is 4.98 Å². The number of aromatic nitrogens is 1. The lowest BCUT2D eigenvalue weighted by molar-refractivity contribution is 1.41.